The molecule has 3 aromatic rings. The largest absolute Gasteiger partial charge is 0.494 e. The van der Waals surface area contributed by atoms with Crippen LogP contribution in [0.5, 0.6) is 17.2 Å². The molecular formula is C27H32N2O6S. The maximum Gasteiger partial charge on any atom is 0.241 e. The monoisotopic (exact) mass is 512 g/mol. The van der Waals surface area contributed by atoms with Crippen molar-refractivity contribution in [1.29, 1.82) is 0 Å². The van der Waals surface area contributed by atoms with Crippen LogP contribution < -0.4 is 24.2 Å². The van der Waals surface area contributed by atoms with Crippen LogP contribution in [-0.2, 0) is 27.8 Å². The van der Waals surface area contributed by atoms with Gasteiger partial charge in [0.25, 0.3) is 0 Å². The maximum atomic E-state index is 13.2. The first-order valence-corrected chi connectivity index (χ1v) is 13.0. The van der Waals surface area contributed by atoms with Crippen LogP contribution >= 0.6 is 0 Å². The van der Waals surface area contributed by atoms with Crippen molar-refractivity contribution in [3.05, 3.63) is 83.4 Å². The molecule has 0 aromatic heterocycles. The summed E-state index contributed by atoms with van der Waals surface area (Å²) in [6.07, 6.45) is 0.188. The minimum absolute atomic E-state index is 0.0641. The number of ether oxygens (including phenoxy) is 3. The van der Waals surface area contributed by atoms with E-state index in [2.05, 4.69) is 10.0 Å². The lowest BCUT2D eigenvalue weighted by Gasteiger charge is -2.19. The van der Waals surface area contributed by atoms with Gasteiger partial charge in [-0.3, -0.25) is 4.79 Å². The van der Waals surface area contributed by atoms with Gasteiger partial charge in [-0.1, -0.05) is 36.4 Å². The normalized spacial score (nSPS) is 12.0. The fraction of sp³-hybridized carbons (Fsp3) is 0.296. The number of methoxy groups -OCH3 is 2. The summed E-state index contributed by atoms with van der Waals surface area (Å²) in [6.45, 7) is 4.31. The lowest BCUT2D eigenvalue weighted by Crippen LogP contribution is -2.47. The lowest BCUT2D eigenvalue weighted by atomic mass is 10.1. The fourth-order valence-corrected chi connectivity index (χ4v) is 4.98. The Kier molecular flexibility index (Phi) is 9.32. The van der Waals surface area contributed by atoms with Gasteiger partial charge in [0.2, 0.25) is 15.9 Å². The third-order valence-electron chi connectivity index (χ3n) is 5.57. The molecule has 0 aliphatic rings. The van der Waals surface area contributed by atoms with Crippen LogP contribution in [0.3, 0.4) is 0 Å². The van der Waals surface area contributed by atoms with Gasteiger partial charge in [-0.2, -0.15) is 4.72 Å². The van der Waals surface area contributed by atoms with Gasteiger partial charge in [0.1, 0.15) is 11.8 Å². The summed E-state index contributed by atoms with van der Waals surface area (Å²) in [5, 5.41) is 2.84. The highest BCUT2D eigenvalue weighted by Gasteiger charge is 2.26. The molecule has 1 atom stereocenters. The molecule has 0 saturated heterocycles. The summed E-state index contributed by atoms with van der Waals surface area (Å²) in [5.41, 5.74) is 2.30. The van der Waals surface area contributed by atoms with Crippen LogP contribution in [0.15, 0.2) is 71.6 Å². The van der Waals surface area contributed by atoms with E-state index in [-0.39, 0.29) is 17.9 Å². The highest BCUT2D eigenvalue weighted by molar-refractivity contribution is 7.89. The summed E-state index contributed by atoms with van der Waals surface area (Å²) in [7, 11) is -0.902. The number of benzene rings is 3. The van der Waals surface area contributed by atoms with E-state index in [1.54, 1.807) is 38.3 Å². The molecule has 36 heavy (non-hydrogen) atoms. The summed E-state index contributed by atoms with van der Waals surface area (Å²) in [5.74, 6) is 1.29. The van der Waals surface area contributed by atoms with E-state index in [0.717, 1.165) is 11.1 Å². The quantitative estimate of drug-likeness (QED) is 0.384. The zero-order valence-electron chi connectivity index (χ0n) is 20.9. The molecule has 3 aromatic carbocycles. The summed E-state index contributed by atoms with van der Waals surface area (Å²) >= 11 is 0. The summed E-state index contributed by atoms with van der Waals surface area (Å²) < 4.78 is 45.1. The number of amides is 1. The van der Waals surface area contributed by atoms with Crippen molar-refractivity contribution < 1.29 is 27.4 Å². The van der Waals surface area contributed by atoms with Gasteiger partial charge in [0.05, 0.1) is 25.7 Å². The van der Waals surface area contributed by atoms with Crippen LogP contribution in [0.4, 0.5) is 0 Å². The molecule has 0 radical (unpaired) electrons. The van der Waals surface area contributed by atoms with Crippen molar-refractivity contribution in [2.24, 2.45) is 0 Å². The van der Waals surface area contributed by atoms with Gasteiger partial charge in [-0.15, -0.1) is 0 Å². The molecule has 0 fully saturated rings. The molecule has 0 heterocycles. The van der Waals surface area contributed by atoms with Crippen molar-refractivity contribution in [3.8, 4) is 17.2 Å². The standard InChI is InChI=1S/C27H32N2O6S/c1-5-35-24-14-12-22(15-19(24)2)36(31,32)29-23(16-20-9-7-6-8-10-20)27(30)28-18-21-11-13-25(33-3)26(17-21)34-4/h6-15,17,23,29H,5,16,18H2,1-4H3,(H,28,30)/t23-/m1/s1. The Hall–Kier alpha value is -3.56. The molecule has 0 saturated carbocycles. The predicted molar refractivity (Wildman–Crippen MR) is 138 cm³/mol. The van der Waals surface area contributed by atoms with Gasteiger partial charge >= 0.3 is 0 Å². The molecule has 0 aliphatic heterocycles. The fourth-order valence-electron chi connectivity index (χ4n) is 3.70. The van der Waals surface area contributed by atoms with Gasteiger partial charge in [0.15, 0.2) is 11.5 Å². The zero-order chi connectivity index (χ0) is 26.1. The number of sulfonamides is 1. The van der Waals surface area contributed by atoms with Crippen LogP contribution in [0.25, 0.3) is 0 Å². The molecule has 8 nitrogen and oxygen atoms in total. The van der Waals surface area contributed by atoms with E-state index in [4.69, 9.17) is 14.2 Å². The van der Waals surface area contributed by atoms with Crippen molar-refractivity contribution in [3.63, 3.8) is 0 Å². The molecular weight excluding hydrogens is 480 g/mol. The van der Waals surface area contributed by atoms with E-state index < -0.39 is 22.0 Å². The topological polar surface area (TPSA) is 103 Å². The first-order valence-electron chi connectivity index (χ1n) is 11.6. The second kappa shape index (κ2) is 12.4. The molecule has 1 amide bonds. The van der Waals surface area contributed by atoms with Crippen molar-refractivity contribution in [1.82, 2.24) is 10.0 Å². The second-order valence-electron chi connectivity index (χ2n) is 8.13. The van der Waals surface area contributed by atoms with Crippen LogP contribution in [0.2, 0.25) is 0 Å². The number of carbonyl (C=O) groups is 1. The Balaban J connectivity index is 1.81. The molecule has 0 bridgehead atoms. The van der Waals surface area contributed by atoms with E-state index in [1.807, 2.05) is 37.3 Å². The third-order valence-corrected chi connectivity index (χ3v) is 7.04. The lowest BCUT2D eigenvalue weighted by molar-refractivity contribution is -0.122. The highest BCUT2D eigenvalue weighted by atomic mass is 32.2. The molecule has 3 rings (SSSR count). The molecule has 0 aliphatic carbocycles. The summed E-state index contributed by atoms with van der Waals surface area (Å²) in [6, 6.07) is 18.2. The molecule has 9 heteroatoms. The second-order valence-corrected chi connectivity index (χ2v) is 9.85. The van der Waals surface area contributed by atoms with Crippen LogP contribution in [-0.4, -0.2) is 41.2 Å². The van der Waals surface area contributed by atoms with Crippen molar-refractivity contribution >= 4 is 15.9 Å². The number of carbonyl (C=O) groups excluding carboxylic acids is 1. The Bertz CT molecular complexity index is 1280. The van der Waals surface area contributed by atoms with E-state index in [0.29, 0.717) is 29.4 Å². The van der Waals surface area contributed by atoms with Crippen molar-refractivity contribution in [2.75, 3.05) is 20.8 Å². The van der Waals surface area contributed by atoms with Gasteiger partial charge in [-0.25, -0.2) is 8.42 Å². The first kappa shape index (κ1) is 27.0. The average Bonchev–Trinajstić information content (AvgIpc) is 2.88. The van der Waals surface area contributed by atoms with Gasteiger partial charge in [-0.05, 0) is 67.3 Å². The Labute approximate surface area is 212 Å². The SMILES string of the molecule is CCOc1ccc(S(=O)(=O)N[C@H](Cc2ccccc2)C(=O)NCc2ccc(OC)c(OC)c2)cc1C. The molecule has 0 unspecified atom stereocenters. The number of hydrogen-bond acceptors (Lipinski definition) is 6. The van der Waals surface area contributed by atoms with Gasteiger partial charge < -0.3 is 19.5 Å². The molecule has 192 valence electrons. The van der Waals surface area contributed by atoms with E-state index in [9.17, 15) is 13.2 Å². The predicted octanol–water partition coefficient (Wildman–Crippen LogP) is 3.62. The Morgan fingerprint density at radius 1 is 0.889 bits per heavy atom. The maximum absolute atomic E-state index is 13.2. The summed E-state index contributed by atoms with van der Waals surface area (Å²) in [4.78, 5) is 13.3. The van der Waals surface area contributed by atoms with Gasteiger partial charge in [0, 0.05) is 6.54 Å². The number of rotatable bonds is 12. The van der Waals surface area contributed by atoms with Crippen LogP contribution in [0, 0.1) is 6.92 Å². The number of hydrogen-bond donors (Lipinski definition) is 2. The highest BCUT2D eigenvalue weighted by Crippen LogP contribution is 2.27. The molecule has 0 spiro atoms. The van der Waals surface area contributed by atoms with E-state index in [1.165, 1.54) is 19.2 Å². The zero-order valence-corrected chi connectivity index (χ0v) is 21.7. The average molecular weight is 513 g/mol. The molecule has 2 N–H and O–H groups in total. The number of nitrogens with one attached hydrogen (secondary N) is 2. The van der Waals surface area contributed by atoms with Crippen LogP contribution in [0.1, 0.15) is 23.6 Å². The smallest absolute Gasteiger partial charge is 0.241 e. The number of aryl methyl sites for hydroxylation is 1. The minimum Gasteiger partial charge on any atom is -0.494 e. The minimum atomic E-state index is -3.98. The Morgan fingerprint density at radius 3 is 2.22 bits per heavy atom. The Morgan fingerprint density at radius 2 is 1.58 bits per heavy atom. The van der Waals surface area contributed by atoms with Crippen molar-refractivity contribution in [2.45, 2.75) is 37.8 Å². The third kappa shape index (κ3) is 6.99. The first-order chi connectivity index (χ1) is 17.3. The van der Waals surface area contributed by atoms with E-state index >= 15 is 0 Å².